The molecule has 0 bridgehead atoms. The van der Waals surface area contributed by atoms with Crippen molar-refractivity contribution in [3.63, 3.8) is 0 Å². The average Bonchev–Trinajstić information content (AvgIpc) is 2.62. The second-order valence-electron chi connectivity index (χ2n) is 5.11. The van der Waals surface area contributed by atoms with Crippen molar-refractivity contribution in [1.82, 2.24) is 0 Å². The molecule has 3 aromatic rings. The molecule has 0 aliphatic carbocycles. The van der Waals surface area contributed by atoms with Crippen molar-refractivity contribution in [1.29, 1.82) is 0 Å². The van der Waals surface area contributed by atoms with Crippen LogP contribution in [0.5, 0.6) is 0 Å². The molecule has 1 nitrogen and oxygen atoms in total. The summed E-state index contributed by atoms with van der Waals surface area (Å²) in [5.41, 5.74) is 5.30. The van der Waals surface area contributed by atoms with E-state index in [2.05, 4.69) is 24.3 Å². The average molecular weight is 286 g/mol. The molecule has 108 valence electrons. The van der Waals surface area contributed by atoms with Crippen LogP contribution in [0.2, 0.25) is 0 Å². The van der Waals surface area contributed by atoms with Crippen LogP contribution in [0.15, 0.2) is 91.0 Å². The predicted molar refractivity (Wildman–Crippen MR) is 92.3 cm³/mol. The topological polar surface area (TPSA) is 20.2 Å². The molecule has 0 aliphatic heterocycles. The first-order valence-electron chi connectivity index (χ1n) is 7.40. The number of aliphatic hydroxyl groups is 1. The number of hydrogen-bond donors (Lipinski definition) is 1. The Kier molecular flexibility index (Phi) is 4.47. The van der Waals surface area contributed by atoms with Gasteiger partial charge in [-0.05, 0) is 27.8 Å². The quantitative estimate of drug-likeness (QED) is 0.693. The van der Waals surface area contributed by atoms with Crippen LogP contribution in [0.1, 0.15) is 16.7 Å². The van der Waals surface area contributed by atoms with E-state index in [0.717, 1.165) is 27.8 Å². The van der Waals surface area contributed by atoms with E-state index in [9.17, 15) is 5.11 Å². The van der Waals surface area contributed by atoms with Crippen LogP contribution >= 0.6 is 0 Å². The van der Waals surface area contributed by atoms with E-state index in [-0.39, 0.29) is 6.61 Å². The molecule has 0 radical (unpaired) electrons. The fourth-order valence-corrected chi connectivity index (χ4v) is 2.68. The van der Waals surface area contributed by atoms with Gasteiger partial charge in [0, 0.05) is 0 Å². The number of benzene rings is 3. The third-order valence-corrected chi connectivity index (χ3v) is 3.71. The van der Waals surface area contributed by atoms with Crippen molar-refractivity contribution >= 4 is 11.1 Å². The van der Waals surface area contributed by atoms with Crippen molar-refractivity contribution < 1.29 is 5.11 Å². The van der Waals surface area contributed by atoms with Gasteiger partial charge in [-0.3, -0.25) is 0 Å². The van der Waals surface area contributed by atoms with Crippen LogP contribution in [0.25, 0.3) is 11.1 Å². The molecule has 0 saturated heterocycles. The summed E-state index contributed by atoms with van der Waals surface area (Å²) in [6, 6.07) is 30.5. The highest BCUT2D eigenvalue weighted by Crippen LogP contribution is 2.31. The first-order chi connectivity index (χ1) is 10.9. The molecule has 1 heteroatoms. The third-order valence-electron chi connectivity index (χ3n) is 3.71. The zero-order valence-corrected chi connectivity index (χ0v) is 12.3. The molecule has 22 heavy (non-hydrogen) atoms. The van der Waals surface area contributed by atoms with Crippen molar-refractivity contribution in [3.8, 4) is 0 Å². The Morgan fingerprint density at radius 2 is 0.909 bits per heavy atom. The first kappa shape index (κ1) is 14.3. The maximum atomic E-state index is 10.0. The van der Waals surface area contributed by atoms with E-state index in [1.165, 1.54) is 0 Å². The zero-order chi connectivity index (χ0) is 15.2. The van der Waals surface area contributed by atoms with Gasteiger partial charge in [-0.15, -0.1) is 0 Å². The zero-order valence-electron chi connectivity index (χ0n) is 12.3. The maximum Gasteiger partial charge on any atom is 0.0693 e. The van der Waals surface area contributed by atoms with E-state index in [1.54, 1.807) is 0 Å². The molecular weight excluding hydrogens is 268 g/mol. The number of hydrogen-bond acceptors (Lipinski definition) is 1. The minimum Gasteiger partial charge on any atom is -0.392 e. The Morgan fingerprint density at radius 1 is 0.545 bits per heavy atom. The maximum absolute atomic E-state index is 10.0. The van der Waals surface area contributed by atoms with Gasteiger partial charge in [0.15, 0.2) is 0 Å². The monoisotopic (exact) mass is 286 g/mol. The standard InChI is InChI=1S/C21H18O/c22-16-20(17-10-4-1-5-11-17)21(18-12-6-2-7-13-18)19-14-8-3-9-15-19/h1-15,22H,16H2. The van der Waals surface area contributed by atoms with Gasteiger partial charge in [0.25, 0.3) is 0 Å². The van der Waals surface area contributed by atoms with Gasteiger partial charge in [-0.25, -0.2) is 0 Å². The summed E-state index contributed by atoms with van der Waals surface area (Å²) in [5.74, 6) is 0. The lowest BCUT2D eigenvalue weighted by Gasteiger charge is -2.15. The van der Waals surface area contributed by atoms with Crippen LogP contribution in [0.3, 0.4) is 0 Å². The van der Waals surface area contributed by atoms with Crippen molar-refractivity contribution in [2.75, 3.05) is 6.61 Å². The van der Waals surface area contributed by atoms with Gasteiger partial charge in [0.1, 0.15) is 0 Å². The summed E-state index contributed by atoms with van der Waals surface area (Å²) < 4.78 is 0. The van der Waals surface area contributed by atoms with Crippen LogP contribution in [-0.2, 0) is 0 Å². The molecular formula is C21H18O. The molecule has 0 unspecified atom stereocenters. The van der Waals surface area contributed by atoms with Crippen molar-refractivity contribution in [3.05, 3.63) is 108 Å². The van der Waals surface area contributed by atoms with Gasteiger partial charge in [-0.1, -0.05) is 91.0 Å². The van der Waals surface area contributed by atoms with E-state index < -0.39 is 0 Å². The number of aliphatic hydroxyl groups excluding tert-OH is 1. The van der Waals surface area contributed by atoms with Gasteiger partial charge >= 0.3 is 0 Å². The van der Waals surface area contributed by atoms with Gasteiger partial charge in [0.05, 0.1) is 6.61 Å². The SMILES string of the molecule is OCC(=C(c1ccccc1)c1ccccc1)c1ccccc1. The van der Waals surface area contributed by atoms with Crippen molar-refractivity contribution in [2.24, 2.45) is 0 Å². The molecule has 1 N–H and O–H groups in total. The summed E-state index contributed by atoms with van der Waals surface area (Å²) in [7, 11) is 0. The molecule has 0 aromatic heterocycles. The highest BCUT2D eigenvalue weighted by atomic mass is 16.3. The highest BCUT2D eigenvalue weighted by Gasteiger charge is 2.12. The minimum atomic E-state index is 0.00311. The Hall–Kier alpha value is -2.64. The van der Waals surface area contributed by atoms with Crippen molar-refractivity contribution in [2.45, 2.75) is 0 Å². The van der Waals surface area contributed by atoms with Gasteiger partial charge < -0.3 is 5.11 Å². The Bertz CT molecular complexity index is 702. The van der Waals surface area contributed by atoms with E-state index >= 15 is 0 Å². The summed E-state index contributed by atoms with van der Waals surface area (Å²) in [4.78, 5) is 0. The van der Waals surface area contributed by atoms with E-state index in [0.29, 0.717) is 0 Å². The Labute approximate surface area is 131 Å². The molecule has 0 heterocycles. The molecule has 0 atom stereocenters. The molecule has 0 saturated carbocycles. The van der Waals surface area contributed by atoms with Gasteiger partial charge in [0.2, 0.25) is 0 Å². The summed E-state index contributed by atoms with van der Waals surface area (Å²) >= 11 is 0. The van der Waals surface area contributed by atoms with Crippen LogP contribution in [0.4, 0.5) is 0 Å². The normalized spacial score (nSPS) is 10.2. The largest absolute Gasteiger partial charge is 0.392 e. The van der Waals surface area contributed by atoms with Crippen LogP contribution < -0.4 is 0 Å². The highest BCUT2D eigenvalue weighted by molar-refractivity contribution is 5.98. The predicted octanol–water partition coefficient (Wildman–Crippen LogP) is 4.64. The van der Waals surface area contributed by atoms with Crippen LogP contribution in [0, 0.1) is 0 Å². The van der Waals surface area contributed by atoms with Gasteiger partial charge in [-0.2, -0.15) is 0 Å². The fraction of sp³-hybridized carbons (Fsp3) is 0.0476. The van der Waals surface area contributed by atoms with E-state index in [4.69, 9.17) is 0 Å². The molecule has 3 aromatic carbocycles. The molecule has 3 rings (SSSR count). The fourth-order valence-electron chi connectivity index (χ4n) is 2.68. The second-order valence-corrected chi connectivity index (χ2v) is 5.11. The second kappa shape index (κ2) is 6.88. The first-order valence-corrected chi connectivity index (χ1v) is 7.40. The Balaban J connectivity index is 2.27. The summed E-state index contributed by atoms with van der Waals surface area (Å²) in [5, 5.41) is 10.0. The number of rotatable bonds is 4. The Morgan fingerprint density at radius 3 is 1.27 bits per heavy atom. The summed E-state index contributed by atoms with van der Waals surface area (Å²) in [6.07, 6.45) is 0. The lowest BCUT2D eigenvalue weighted by atomic mass is 9.90. The van der Waals surface area contributed by atoms with Crippen LogP contribution in [-0.4, -0.2) is 11.7 Å². The molecule has 0 amide bonds. The molecule has 0 fully saturated rings. The lowest BCUT2D eigenvalue weighted by molar-refractivity contribution is 0.350. The smallest absolute Gasteiger partial charge is 0.0693 e. The lowest BCUT2D eigenvalue weighted by Crippen LogP contribution is -1.98. The van der Waals surface area contributed by atoms with E-state index in [1.807, 2.05) is 66.7 Å². The molecule has 0 spiro atoms. The molecule has 0 aliphatic rings. The third kappa shape index (κ3) is 3.00. The minimum absolute atomic E-state index is 0.00311. The summed E-state index contributed by atoms with van der Waals surface area (Å²) in [6.45, 7) is 0.00311.